The predicted molar refractivity (Wildman–Crippen MR) is 80.6 cm³/mol. The lowest BCUT2D eigenvalue weighted by Gasteiger charge is -2.52. The molecule has 4 fully saturated rings. The van der Waals surface area contributed by atoms with Crippen molar-refractivity contribution in [1.82, 2.24) is 4.90 Å². The summed E-state index contributed by atoms with van der Waals surface area (Å²) >= 11 is 0. The van der Waals surface area contributed by atoms with Crippen LogP contribution in [0.5, 0.6) is 0 Å². The Labute approximate surface area is 123 Å². The molecular formula is C18H29NO. The molecule has 112 valence electrons. The van der Waals surface area contributed by atoms with E-state index in [1.807, 2.05) is 0 Å². The number of piperidine rings is 2. The number of nitrogens with zero attached hydrogens (tertiary/aromatic N) is 1. The summed E-state index contributed by atoms with van der Waals surface area (Å²) in [5, 5.41) is 0. The highest BCUT2D eigenvalue weighted by molar-refractivity contribution is 5.80. The lowest BCUT2D eigenvalue weighted by molar-refractivity contribution is -0.130. The van der Waals surface area contributed by atoms with Crippen molar-refractivity contribution in [3.63, 3.8) is 0 Å². The van der Waals surface area contributed by atoms with Gasteiger partial charge >= 0.3 is 0 Å². The molecule has 0 aromatic rings. The van der Waals surface area contributed by atoms with Gasteiger partial charge in [0.25, 0.3) is 0 Å². The molecule has 4 aliphatic rings. The lowest BCUT2D eigenvalue weighted by Crippen LogP contribution is -2.58. The number of rotatable bonds is 1. The van der Waals surface area contributed by atoms with E-state index in [1.165, 1.54) is 64.2 Å². The number of hydrogen-bond donors (Lipinski definition) is 0. The van der Waals surface area contributed by atoms with Crippen molar-refractivity contribution in [1.29, 1.82) is 0 Å². The van der Waals surface area contributed by atoms with Crippen LogP contribution in [0.1, 0.15) is 77.0 Å². The smallest absolute Gasteiger partial charge is 0.136 e. The zero-order valence-electron chi connectivity index (χ0n) is 12.7. The molecule has 2 nitrogen and oxygen atoms in total. The summed E-state index contributed by atoms with van der Waals surface area (Å²) in [5.41, 5.74) is 0. The molecule has 0 radical (unpaired) electrons. The molecule has 4 bridgehead atoms. The van der Waals surface area contributed by atoms with Gasteiger partial charge in [0.2, 0.25) is 0 Å². The van der Waals surface area contributed by atoms with Crippen molar-refractivity contribution >= 4 is 5.78 Å². The summed E-state index contributed by atoms with van der Waals surface area (Å²) in [6.07, 6.45) is 16.0. The van der Waals surface area contributed by atoms with Crippen LogP contribution < -0.4 is 0 Å². The average molecular weight is 275 g/mol. The van der Waals surface area contributed by atoms with Crippen LogP contribution in [0.4, 0.5) is 0 Å². The largest absolute Gasteiger partial charge is 0.300 e. The standard InChI is InChI=1S/C18H29NO/c20-18-11-15-6-3-7-16(12-18)19(15)17-9-13-4-1-2-5-14(8-13)10-17/h13-17H,1-12H2/t13-,14+,15-,16+,17?. The van der Waals surface area contributed by atoms with Crippen LogP contribution in [0.25, 0.3) is 0 Å². The van der Waals surface area contributed by atoms with Crippen molar-refractivity contribution in [2.75, 3.05) is 0 Å². The molecule has 5 atom stereocenters. The first-order valence-electron chi connectivity index (χ1n) is 9.08. The first kappa shape index (κ1) is 13.3. The van der Waals surface area contributed by atoms with Gasteiger partial charge in [0.1, 0.15) is 5.78 Å². The molecule has 1 unspecified atom stereocenters. The van der Waals surface area contributed by atoms with Crippen molar-refractivity contribution < 1.29 is 4.79 Å². The second-order valence-electron chi connectivity index (χ2n) is 8.01. The fourth-order valence-corrected chi connectivity index (χ4v) is 5.92. The molecule has 0 amide bonds. The zero-order chi connectivity index (χ0) is 13.5. The fourth-order valence-electron chi connectivity index (χ4n) is 5.92. The van der Waals surface area contributed by atoms with E-state index in [1.54, 1.807) is 0 Å². The van der Waals surface area contributed by atoms with Gasteiger partial charge in [-0.05, 0) is 43.9 Å². The second kappa shape index (κ2) is 5.44. The average Bonchev–Trinajstić information content (AvgIpc) is 2.58. The molecule has 2 heterocycles. The number of carbonyl (C=O) groups excluding carboxylic acids is 1. The molecule has 4 rings (SSSR count). The summed E-state index contributed by atoms with van der Waals surface area (Å²) < 4.78 is 0. The number of ketones is 1. The van der Waals surface area contributed by atoms with E-state index in [0.717, 1.165) is 30.7 Å². The van der Waals surface area contributed by atoms with Crippen LogP contribution >= 0.6 is 0 Å². The maximum absolute atomic E-state index is 11.9. The van der Waals surface area contributed by atoms with Crippen LogP contribution in [0.2, 0.25) is 0 Å². The summed E-state index contributed by atoms with van der Waals surface area (Å²) in [5.74, 6) is 2.54. The summed E-state index contributed by atoms with van der Waals surface area (Å²) in [6, 6.07) is 2.04. The summed E-state index contributed by atoms with van der Waals surface area (Å²) in [4.78, 5) is 14.8. The maximum atomic E-state index is 11.9. The molecule has 20 heavy (non-hydrogen) atoms. The third-order valence-electron chi connectivity index (χ3n) is 6.62. The van der Waals surface area contributed by atoms with Gasteiger partial charge in [-0.2, -0.15) is 0 Å². The van der Waals surface area contributed by atoms with Crippen LogP contribution in [-0.4, -0.2) is 28.8 Å². The van der Waals surface area contributed by atoms with E-state index in [4.69, 9.17) is 0 Å². The van der Waals surface area contributed by atoms with Crippen molar-refractivity contribution in [2.24, 2.45) is 11.8 Å². The van der Waals surface area contributed by atoms with Crippen LogP contribution in [-0.2, 0) is 4.79 Å². The molecule has 2 saturated heterocycles. The number of hydrogen-bond acceptors (Lipinski definition) is 2. The van der Waals surface area contributed by atoms with E-state index < -0.39 is 0 Å². The SMILES string of the molecule is O=C1C[C@H]2CCC[C@@H](C1)N2C1C[C@H]2CCCC[C@@H](C1)C2. The molecular weight excluding hydrogens is 246 g/mol. The van der Waals surface area contributed by atoms with E-state index >= 15 is 0 Å². The summed E-state index contributed by atoms with van der Waals surface area (Å²) in [7, 11) is 0. The van der Waals surface area contributed by atoms with E-state index in [0.29, 0.717) is 17.9 Å². The quantitative estimate of drug-likeness (QED) is 0.722. The molecule has 0 aromatic heterocycles. The van der Waals surface area contributed by atoms with Crippen LogP contribution in [0, 0.1) is 11.8 Å². The van der Waals surface area contributed by atoms with Crippen molar-refractivity contribution in [3.8, 4) is 0 Å². The molecule has 2 heteroatoms. The normalized spacial score (nSPS) is 46.0. The Balaban J connectivity index is 1.53. The number of Topliss-reactive ketones (excluding diaryl/α,β-unsaturated/α-hetero) is 1. The minimum atomic E-state index is 0.546. The molecule has 2 saturated carbocycles. The zero-order valence-corrected chi connectivity index (χ0v) is 12.7. The lowest BCUT2D eigenvalue weighted by atomic mass is 9.74. The van der Waals surface area contributed by atoms with Gasteiger partial charge in [-0.15, -0.1) is 0 Å². The number of carbonyl (C=O) groups is 1. The Morgan fingerprint density at radius 3 is 1.90 bits per heavy atom. The second-order valence-corrected chi connectivity index (χ2v) is 8.01. The van der Waals surface area contributed by atoms with Gasteiger partial charge in [-0.1, -0.05) is 32.1 Å². The maximum Gasteiger partial charge on any atom is 0.136 e. The van der Waals surface area contributed by atoms with Crippen molar-refractivity contribution in [2.45, 2.75) is 95.2 Å². The number of fused-ring (bicyclic) bond motifs is 4. The van der Waals surface area contributed by atoms with E-state index in [-0.39, 0.29) is 0 Å². The van der Waals surface area contributed by atoms with Gasteiger partial charge in [-0.25, -0.2) is 0 Å². The predicted octanol–water partition coefficient (Wildman–Crippen LogP) is 3.93. The molecule has 0 N–H and O–H groups in total. The Morgan fingerprint density at radius 2 is 1.30 bits per heavy atom. The third kappa shape index (κ3) is 2.45. The molecule has 2 aliphatic heterocycles. The van der Waals surface area contributed by atoms with E-state index in [9.17, 15) is 4.79 Å². The minimum absolute atomic E-state index is 0.546. The van der Waals surface area contributed by atoms with Gasteiger partial charge in [0, 0.05) is 31.0 Å². The minimum Gasteiger partial charge on any atom is -0.300 e. The monoisotopic (exact) mass is 275 g/mol. The highest BCUT2D eigenvalue weighted by Gasteiger charge is 2.43. The summed E-state index contributed by atoms with van der Waals surface area (Å²) in [6.45, 7) is 0. The molecule has 2 aliphatic carbocycles. The van der Waals surface area contributed by atoms with Gasteiger partial charge in [0.15, 0.2) is 0 Å². The van der Waals surface area contributed by atoms with Gasteiger partial charge < -0.3 is 0 Å². The van der Waals surface area contributed by atoms with Crippen molar-refractivity contribution in [3.05, 3.63) is 0 Å². The molecule has 0 spiro atoms. The Morgan fingerprint density at radius 1 is 0.700 bits per heavy atom. The van der Waals surface area contributed by atoms with Crippen LogP contribution in [0.3, 0.4) is 0 Å². The molecule has 0 aromatic carbocycles. The first-order chi connectivity index (χ1) is 9.79. The Hall–Kier alpha value is -0.370. The van der Waals surface area contributed by atoms with Gasteiger partial charge in [0.05, 0.1) is 0 Å². The topological polar surface area (TPSA) is 20.3 Å². The van der Waals surface area contributed by atoms with Gasteiger partial charge in [-0.3, -0.25) is 9.69 Å². The van der Waals surface area contributed by atoms with E-state index in [2.05, 4.69) is 4.90 Å². The fraction of sp³-hybridized carbons (Fsp3) is 0.944. The third-order valence-corrected chi connectivity index (χ3v) is 6.62. The first-order valence-corrected chi connectivity index (χ1v) is 9.08. The van der Waals surface area contributed by atoms with Crippen LogP contribution in [0.15, 0.2) is 0 Å². The Kier molecular flexibility index (Phi) is 3.62. The Bertz CT molecular complexity index is 350. The highest BCUT2D eigenvalue weighted by Crippen LogP contribution is 2.44. The highest BCUT2D eigenvalue weighted by atomic mass is 16.1.